The maximum atomic E-state index is 3.61. The van der Waals surface area contributed by atoms with Gasteiger partial charge in [-0.15, -0.1) is 0 Å². The Morgan fingerprint density at radius 3 is 2.25 bits per heavy atom. The zero-order valence-electron chi connectivity index (χ0n) is 13.7. The minimum atomic E-state index is 0.147. The highest BCUT2D eigenvalue weighted by Gasteiger charge is 2.24. The SMILES string of the molecule is CC1=CC(C)=C(C)C1c1ccccc1CNC(C)(C)C. The molecule has 2 rings (SSSR count). The van der Waals surface area contributed by atoms with Gasteiger partial charge in [0.25, 0.3) is 0 Å². The molecule has 0 saturated carbocycles. The average molecular weight is 269 g/mol. The van der Waals surface area contributed by atoms with Gasteiger partial charge in [0, 0.05) is 18.0 Å². The number of hydrogen-bond donors (Lipinski definition) is 1. The molecule has 0 aliphatic heterocycles. The highest BCUT2D eigenvalue weighted by atomic mass is 14.9. The lowest BCUT2D eigenvalue weighted by molar-refractivity contribution is 0.423. The van der Waals surface area contributed by atoms with Gasteiger partial charge in [-0.05, 0) is 52.7 Å². The van der Waals surface area contributed by atoms with Gasteiger partial charge in [0.1, 0.15) is 0 Å². The maximum Gasteiger partial charge on any atom is 0.0264 e. The van der Waals surface area contributed by atoms with Gasteiger partial charge in [-0.1, -0.05) is 47.1 Å². The molecule has 1 aliphatic carbocycles. The minimum Gasteiger partial charge on any atom is -0.308 e. The molecule has 0 aromatic heterocycles. The Balaban J connectivity index is 2.32. The van der Waals surface area contributed by atoms with E-state index in [1.807, 2.05) is 0 Å². The highest BCUT2D eigenvalue weighted by Crippen LogP contribution is 2.40. The van der Waals surface area contributed by atoms with Crippen molar-refractivity contribution in [1.29, 1.82) is 0 Å². The summed E-state index contributed by atoms with van der Waals surface area (Å²) < 4.78 is 0. The van der Waals surface area contributed by atoms with Crippen LogP contribution < -0.4 is 5.32 Å². The van der Waals surface area contributed by atoms with Crippen LogP contribution in [0.5, 0.6) is 0 Å². The standard InChI is InChI=1S/C19H27N/c1-13-11-14(2)18(15(13)3)17-10-8-7-9-16(17)12-20-19(4,5)6/h7-11,18,20H,12H2,1-6H3. The summed E-state index contributed by atoms with van der Waals surface area (Å²) >= 11 is 0. The van der Waals surface area contributed by atoms with E-state index in [2.05, 4.69) is 77.2 Å². The molecule has 20 heavy (non-hydrogen) atoms. The molecule has 0 heterocycles. The molecule has 0 spiro atoms. The molecule has 1 unspecified atom stereocenters. The molecule has 1 aromatic carbocycles. The highest BCUT2D eigenvalue weighted by molar-refractivity contribution is 5.51. The summed E-state index contributed by atoms with van der Waals surface area (Å²) in [5, 5.41) is 3.61. The van der Waals surface area contributed by atoms with E-state index in [1.54, 1.807) is 0 Å². The second kappa shape index (κ2) is 5.57. The number of nitrogens with one attached hydrogen (secondary N) is 1. The third-order valence-electron chi connectivity index (χ3n) is 4.13. The summed E-state index contributed by atoms with van der Waals surface area (Å²) in [6.45, 7) is 14.3. The van der Waals surface area contributed by atoms with E-state index in [0.29, 0.717) is 5.92 Å². The molecule has 1 heteroatoms. The van der Waals surface area contributed by atoms with Crippen molar-refractivity contribution >= 4 is 0 Å². The summed E-state index contributed by atoms with van der Waals surface area (Å²) in [4.78, 5) is 0. The van der Waals surface area contributed by atoms with Crippen LogP contribution in [0.2, 0.25) is 0 Å². The van der Waals surface area contributed by atoms with Crippen LogP contribution in [0.3, 0.4) is 0 Å². The van der Waals surface area contributed by atoms with Crippen molar-refractivity contribution in [2.75, 3.05) is 0 Å². The van der Waals surface area contributed by atoms with Crippen LogP contribution in [0.15, 0.2) is 47.1 Å². The minimum absolute atomic E-state index is 0.147. The van der Waals surface area contributed by atoms with E-state index < -0.39 is 0 Å². The van der Waals surface area contributed by atoms with Gasteiger partial charge in [0.05, 0.1) is 0 Å². The van der Waals surface area contributed by atoms with Crippen LogP contribution in [0.25, 0.3) is 0 Å². The van der Waals surface area contributed by atoms with Crippen molar-refractivity contribution in [3.8, 4) is 0 Å². The van der Waals surface area contributed by atoms with Crippen LogP contribution in [0.1, 0.15) is 58.6 Å². The van der Waals surface area contributed by atoms with E-state index >= 15 is 0 Å². The first-order chi connectivity index (χ1) is 9.29. The summed E-state index contributed by atoms with van der Waals surface area (Å²) in [6, 6.07) is 8.83. The Labute approximate surface area is 123 Å². The molecule has 1 nitrogen and oxygen atoms in total. The van der Waals surface area contributed by atoms with Gasteiger partial charge < -0.3 is 5.32 Å². The fourth-order valence-electron chi connectivity index (χ4n) is 2.92. The smallest absolute Gasteiger partial charge is 0.0264 e. The third kappa shape index (κ3) is 3.21. The first-order valence-electron chi connectivity index (χ1n) is 7.48. The largest absolute Gasteiger partial charge is 0.308 e. The van der Waals surface area contributed by atoms with Crippen molar-refractivity contribution in [2.45, 2.75) is 59.5 Å². The molecule has 108 valence electrons. The van der Waals surface area contributed by atoms with Crippen LogP contribution in [0, 0.1) is 0 Å². The third-order valence-corrected chi connectivity index (χ3v) is 4.13. The predicted molar refractivity (Wildman–Crippen MR) is 87.9 cm³/mol. The molecule has 0 saturated heterocycles. The number of rotatable bonds is 3. The molecular formula is C19H27N. The average Bonchev–Trinajstić information content (AvgIpc) is 2.60. The van der Waals surface area contributed by atoms with Gasteiger partial charge in [-0.3, -0.25) is 0 Å². The van der Waals surface area contributed by atoms with Crippen LogP contribution in [-0.2, 0) is 6.54 Å². The van der Waals surface area contributed by atoms with Crippen molar-refractivity contribution in [3.05, 3.63) is 58.2 Å². The lowest BCUT2D eigenvalue weighted by atomic mass is 9.86. The maximum absolute atomic E-state index is 3.61. The Morgan fingerprint density at radius 1 is 1.05 bits per heavy atom. The zero-order valence-corrected chi connectivity index (χ0v) is 13.7. The van der Waals surface area contributed by atoms with Crippen molar-refractivity contribution < 1.29 is 0 Å². The first-order valence-corrected chi connectivity index (χ1v) is 7.48. The van der Waals surface area contributed by atoms with Crippen LogP contribution >= 0.6 is 0 Å². The van der Waals surface area contributed by atoms with Crippen molar-refractivity contribution in [2.24, 2.45) is 0 Å². The van der Waals surface area contributed by atoms with Crippen molar-refractivity contribution in [1.82, 2.24) is 5.32 Å². The molecule has 0 fully saturated rings. The fraction of sp³-hybridized carbons (Fsp3) is 0.474. The summed E-state index contributed by atoms with van der Waals surface area (Å²) in [7, 11) is 0. The molecule has 1 N–H and O–H groups in total. The van der Waals surface area contributed by atoms with Crippen LogP contribution in [0.4, 0.5) is 0 Å². The van der Waals surface area contributed by atoms with Gasteiger partial charge in [-0.2, -0.15) is 0 Å². The molecule has 1 aromatic rings. The number of hydrogen-bond acceptors (Lipinski definition) is 1. The lowest BCUT2D eigenvalue weighted by Gasteiger charge is -2.24. The molecule has 1 atom stereocenters. The molecule has 0 amide bonds. The predicted octanol–water partition coefficient (Wildman–Crippen LogP) is 4.95. The van der Waals surface area contributed by atoms with E-state index in [-0.39, 0.29) is 5.54 Å². The Kier molecular flexibility index (Phi) is 4.19. The van der Waals surface area contributed by atoms with Gasteiger partial charge in [0.15, 0.2) is 0 Å². The Bertz CT molecular complexity index is 555. The zero-order chi connectivity index (χ0) is 14.9. The summed E-state index contributed by atoms with van der Waals surface area (Å²) in [6.07, 6.45) is 2.33. The van der Waals surface area contributed by atoms with Crippen LogP contribution in [-0.4, -0.2) is 5.54 Å². The fourth-order valence-corrected chi connectivity index (χ4v) is 2.92. The second-order valence-electron chi connectivity index (χ2n) is 6.99. The summed E-state index contributed by atoms with van der Waals surface area (Å²) in [5.74, 6) is 0.466. The number of allylic oxidation sites excluding steroid dienone is 4. The summed E-state index contributed by atoms with van der Waals surface area (Å²) in [5.41, 5.74) is 7.38. The Morgan fingerprint density at radius 2 is 1.70 bits per heavy atom. The van der Waals surface area contributed by atoms with Gasteiger partial charge in [0.2, 0.25) is 0 Å². The monoisotopic (exact) mass is 269 g/mol. The first kappa shape index (κ1) is 15.1. The molecule has 1 aliphatic rings. The van der Waals surface area contributed by atoms with Gasteiger partial charge >= 0.3 is 0 Å². The van der Waals surface area contributed by atoms with E-state index in [1.165, 1.54) is 27.8 Å². The number of benzene rings is 1. The van der Waals surface area contributed by atoms with E-state index in [9.17, 15) is 0 Å². The van der Waals surface area contributed by atoms with Gasteiger partial charge in [-0.25, -0.2) is 0 Å². The quantitative estimate of drug-likeness (QED) is 0.818. The molecular weight excluding hydrogens is 242 g/mol. The molecule has 0 bridgehead atoms. The Hall–Kier alpha value is -1.34. The second-order valence-corrected chi connectivity index (χ2v) is 6.99. The van der Waals surface area contributed by atoms with E-state index in [0.717, 1.165) is 6.54 Å². The lowest BCUT2D eigenvalue weighted by Crippen LogP contribution is -2.35. The normalized spacial score (nSPS) is 19.5. The van der Waals surface area contributed by atoms with Crippen molar-refractivity contribution in [3.63, 3.8) is 0 Å². The topological polar surface area (TPSA) is 12.0 Å². The molecule has 0 radical (unpaired) electrons. The van der Waals surface area contributed by atoms with E-state index in [4.69, 9.17) is 0 Å².